The number of hydrogen-bond donors (Lipinski definition) is 4. The molecule has 1 aromatic carbocycles. The molecule has 0 aliphatic carbocycles. The number of fused-ring (bicyclic) bond motifs is 1. The zero-order valence-electron chi connectivity index (χ0n) is 13.8. The van der Waals surface area contributed by atoms with E-state index < -0.39 is 25.2 Å². The van der Waals surface area contributed by atoms with Crippen LogP contribution in [0.3, 0.4) is 0 Å². The van der Waals surface area contributed by atoms with E-state index >= 15 is 0 Å². The van der Waals surface area contributed by atoms with Gasteiger partial charge in [-0.25, -0.2) is 0 Å². The van der Waals surface area contributed by atoms with Crippen LogP contribution < -0.4 is 4.72 Å². The van der Waals surface area contributed by atoms with E-state index in [1.54, 1.807) is 12.3 Å². The molecule has 0 saturated heterocycles. The minimum absolute atomic E-state index is 0.165. The number of thiol groups is 1. The van der Waals surface area contributed by atoms with Crippen LogP contribution in [0.1, 0.15) is 12.6 Å². The summed E-state index contributed by atoms with van der Waals surface area (Å²) in [7, 11) is -6.86. The van der Waals surface area contributed by atoms with Gasteiger partial charge in [-0.2, -0.15) is 8.42 Å². The summed E-state index contributed by atoms with van der Waals surface area (Å²) in [6.07, 6.45) is 1.61. The van der Waals surface area contributed by atoms with Gasteiger partial charge < -0.3 is 4.72 Å². The number of non-ortho nitro benzene ring substituents is 1. The van der Waals surface area contributed by atoms with E-state index in [9.17, 15) is 22.7 Å². The molecular formula is C14H15BrN4O6S2. The molecule has 0 fully saturated rings. The topological polar surface area (TPSA) is 163 Å². The van der Waals surface area contributed by atoms with Crippen molar-refractivity contribution in [1.82, 2.24) is 9.71 Å². The first-order valence-corrected chi connectivity index (χ1v) is 11.4. The molecular weight excluding hydrogens is 464 g/mol. The summed E-state index contributed by atoms with van der Waals surface area (Å²) >= 11 is 3.28. The van der Waals surface area contributed by atoms with Crippen LogP contribution >= 0.6 is 15.9 Å². The first-order valence-electron chi connectivity index (χ1n) is 7.32. The molecule has 0 amide bonds. The van der Waals surface area contributed by atoms with Gasteiger partial charge in [0.25, 0.3) is 15.8 Å². The molecule has 0 saturated carbocycles. The van der Waals surface area contributed by atoms with Crippen LogP contribution in [-0.2, 0) is 20.2 Å². The Morgan fingerprint density at radius 3 is 2.44 bits per heavy atom. The molecule has 0 unspecified atom stereocenters. The van der Waals surface area contributed by atoms with Crippen LogP contribution in [0.2, 0.25) is 0 Å². The molecule has 0 atom stereocenters. The molecule has 2 aromatic rings. The standard InChI is InChI=1S/C8H10BrN3OS.C6H5NO5S/c1-2-14(13)6-3-5(9)4-11-7(6)8(10)12-14;8-7(9)5-1-3-6(4-2-5)13(10,11)12/h3-4,14H,2H2,1H3,(H2,10,12,13);1-4H,(H,10,11,12). The first kappa shape index (κ1) is 21.1. The largest absolute Gasteiger partial charge is 0.306 e. The fraction of sp³-hybridized carbons (Fsp3) is 0.143. The lowest BCUT2D eigenvalue weighted by molar-refractivity contribution is -0.384. The van der Waals surface area contributed by atoms with Crippen LogP contribution in [-0.4, -0.2) is 38.7 Å². The minimum atomic E-state index is -4.27. The Hall–Kier alpha value is -2.22. The molecule has 146 valence electrons. The Kier molecular flexibility index (Phi) is 6.09. The van der Waals surface area contributed by atoms with E-state index in [1.807, 2.05) is 6.92 Å². The average Bonchev–Trinajstić information content (AvgIpc) is 2.85. The summed E-state index contributed by atoms with van der Waals surface area (Å²) < 4.78 is 45.3. The van der Waals surface area contributed by atoms with Crippen molar-refractivity contribution in [2.24, 2.45) is 0 Å². The molecule has 0 radical (unpaired) electrons. The number of rotatable bonds is 3. The molecule has 1 aliphatic heterocycles. The number of amidine groups is 1. The van der Waals surface area contributed by atoms with Crippen LogP contribution in [0.5, 0.6) is 0 Å². The summed E-state index contributed by atoms with van der Waals surface area (Å²) in [4.78, 5) is 13.9. The summed E-state index contributed by atoms with van der Waals surface area (Å²) in [5.41, 5.74) is 0.283. The predicted molar refractivity (Wildman–Crippen MR) is 103 cm³/mol. The van der Waals surface area contributed by atoms with Crippen molar-refractivity contribution in [2.75, 3.05) is 5.75 Å². The molecule has 2 heterocycles. The second-order valence-electron chi connectivity index (χ2n) is 5.29. The fourth-order valence-corrected chi connectivity index (χ4v) is 5.11. The Balaban J connectivity index is 0.000000194. The van der Waals surface area contributed by atoms with E-state index in [2.05, 4.69) is 25.6 Å². The zero-order chi connectivity index (χ0) is 20.4. The third-order valence-electron chi connectivity index (χ3n) is 3.54. The molecule has 0 bridgehead atoms. The molecule has 1 aromatic heterocycles. The molecule has 10 nitrogen and oxygen atoms in total. The maximum Gasteiger partial charge on any atom is 0.294 e. The highest BCUT2D eigenvalue weighted by Crippen LogP contribution is 2.28. The normalized spacial score (nSPS) is 15.7. The van der Waals surface area contributed by atoms with Gasteiger partial charge in [-0.1, -0.05) is 6.92 Å². The predicted octanol–water partition coefficient (Wildman–Crippen LogP) is 1.92. The van der Waals surface area contributed by atoms with Gasteiger partial charge in [-0.15, -0.1) is 0 Å². The SMILES string of the molecule is CC[SH]1(=O)NC(=N)c2ncc(Br)cc21.O=[N+]([O-])c1ccc(S(=O)(=O)O)cc1. The van der Waals surface area contributed by atoms with Crippen molar-refractivity contribution in [3.8, 4) is 0 Å². The van der Waals surface area contributed by atoms with Gasteiger partial charge in [-0.3, -0.25) is 29.3 Å². The lowest BCUT2D eigenvalue weighted by atomic mass is 10.3. The number of nitrogens with one attached hydrogen (secondary N) is 2. The Morgan fingerprint density at radius 1 is 1.37 bits per heavy atom. The average molecular weight is 479 g/mol. The smallest absolute Gasteiger partial charge is 0.294 e. The van der Waals surface area contributed by atoms with E-state index in [0.717, 1.165) is 28.7 Å². The second kappa shape index (κ2) is 7.80. The van der Waals surface area contributed by atoms with E-state index in [0.29, 0.717) is 16.3 Å². The first-order chi connectivity index (χ1) is 12.5. The Labute approximate surface area is 164 Å². The van der Waals surface area contributed by atoms with Crippen LogP contribution in [0.25, 0.3) is 0 Å². The number of hydrogen-bond acceptors (Lipinski definition) is 7. The van der Waals surface area contributed by atoms with Gasteiger partial charge in [0.2, 0.25) is 0 Å². The van der Waals surface area contributed by atoms with Gasteiger partial charge in [0, 0.05) is 28.6 Å². The maximum absolute atomic E-state index is 12.3. The van der Waals surface area contributed by atoms with E-state index in [1.165, 1.54) is 0 Å². The number of aromatic nitrogens is 1. The lowest BCUT2D eigenvalue weighted by Gasteiger charge is -2.16. The zero-order valence-corrected chi connectivity index (χ0v) is 17.1. The van der Waals surface area contributed by atoms with Crippen molar-refractivity contribution in [2.45, 2.75) is 16.7 Å². The summed E-state index contributed by atoms with van der Waals surface area (Å²) in [6, 6.07) is 5.72. The highest BCUT2D eigenvalue weighted by molar-refractivity contribution is 9.10. The summed E-state index contributed by atoms with van der Waals surface area (Å²) in [5.74, 6) is 0.665. The number of benzene rings is 1. The van der Waals surface area contributed by atoms with Crippen LogP contribution in [0.4, 0.5) is 5.69 Å². The van der Waals surface area contributed by atoms with Crippen molar-refractivity contribution in [1.29, 1.82) is 5.41 Å². The second-order valence-corrected chi connectivity index (χ2v) is 10.4. The third-order valence-corrected chi connectivity index (χ3v) is 7.44. The highest BCUT2D eigenvalue weighted by Gasteiger charge is 2.30. The Bertz CT molecular complexity index is 1060. The molecule has 3 N–H and O–H groups in total. The number of halogens is 1. The molecule has 3 rings (SSSR count). The monoisotopic (exact) mass is 478 g/mol. The molecule has 13 heteroatoms. The van der Waals surface area contributed by atoms with Gasteiger partial charge in [0.05, 0.1) is 14.7 Å². The van der Waals surface area contributed by atoms with Crippen molar-refractivity contribution >= 4 is 47.7 Å². The van der Waals surface area contributed by atoms with Crippen LogP contribution in [0.15, 0.2) is 50.8 Å². The number of nitro benzene ring substituents is 1. The number of nitrogens with zero attached hydrogens (tertiary/aromatic N) is 2. The Morgan fingerprint density at radius 2 is 1.96 bits per heavy atom. The molecule has 1 aliphatic rings. The van der Waals surface area contributed by atoms with E-state index in [4.69, 9.17) is 9.96 Å². The summed E-state index contributed by atoms with van der Waals surface area (Å²) in [5, 5.41) is 17.8. The minimum Gasteiger partial charge on any atom is -0.306 e. The fourth-order valence-electron chi connectivity index (χ4n) is 2.18. The van der Waals surface area contributed by atoms with Gasteiger partial charge in [-0.05, 0) is 44.2 Å². The molecule has 0 spiro atoms. The lowest BCUT2D eigenvalue weighted by Crippen LogP contribution is -2.30. The third kappa shape index (κ3) is 4.74. The molecule has 27 heavy (non-hydrogen) atoms. The van der Waals surface area contributed by atoms with E-state index in [-0.39, 0.29) is 16.4 Å². The van der Waals surface area contributed by atoms with Crippen LogP contribution in [0, 0.1) is 15.5 Å². The number of nitro groups is 1. The van der Waals surface area contributed by atoms with Crippen molar-refractivity contribution in [3.63, 3.8) is 0 Å². The van der Waals surface area contributed by atoms with Crippen molar-refractivity contribution in [3.05, 3.63) is 56.8 Å². The highest BCUT2D eigenvalue weighted by atomic mass is 79.9. The maximum atomic E-state index is 12.3. The quantitative estimate of drug-likeness (QED) is 0.226. The number of pyridine rings is 1. The van der Waals surface area contributed by atoms with Crippen molar-refractivity contribution < 1.29 is 22.1 Å². The van der Waals surface area contributed by atoms with Gasteiger partial charge in [0.1, 0.15) is 5.69 Å². The van der Waals surface area contributed by atoms with Gasteiger partial charge >= 0.3 is 0 Å². The summed E-state index contributed by atoms with van der Waals surface area (Å²) in [6.45, 7) is 1.84. The van der Waals surface area contributed by atoms with Gasteiger partial charge in [0.15, 0.2) is 5.84 Å².